The Morgan fingerprint density at radius 2 is 2.21 bits per heavy atom. The maximum atomic E-state index is 13.6. The van der Waals surface area contributed by atoms with Crippen molar-refractivity contribution in [2.24, 2.45) is 0 Å². The third-order valence-electron chi connectivity index (χ3n) is 2.51. The minimum Gasteiger partial charge on any atom is -0.298 e. The van der Waals surface area contributed by atoms with Crippen molar-refractivity contribution >= 4 is 34.0 Å². The summed E-state index contributed by atoms with van der Waals surface area (Å²) >= 11 is 6.96. The lowest BCUT2D eigenvalue weighted by Crippen LogP contribution is -2.13. The van der Waals surface area contributed by atoms with Crippen molar-refractivity contribution in [2.45, 2.75) is 19.8 Å². The summed E-state index contributed by atoms with van der Waals surface area (Å²) in [6, 6.07) is 3.93. The average Bonchev–Trinajstić information content (AvgIpc) is 2.77. The molecule has 6 heteroatoms. The predicted molar refractivity (Wildman–Crippen MR) is 75.6 cm³/mol. The van der Waals surface area contributed by atoms with Gasteiger partial charge in [0.25, 0.3) is 5.91 Å². The third-order valence-corrected chi connectivity index (χ3v) is 3.52. The van der Waals surface area contributed by atoms with E-state index in [1.807, 2.05) is 19.2 Å². The monoisotopic (exact) mass is 298 g/mol. The van der Waals surface area contributed by atoms with Gasteiger partial charge in [-0.15, -0.1) is 11.3 Å². The molecule has 0 aliphatic rings. The Bertz CT molecular complexity index is 612. The molecule has 0 unspecified atom stereocenters. The molecule has 19 heavy (non-hydrogen) atoms. The van der Waals surface area contributed by atoms with Crippen molar-refractivity contribution < 1.29 is 9.18 Å². The van der Waals surface area contributed by atoms with Crippen molar-refractivity contribution in [1.29, 1.82) is 0 Å². The second-order valence-electron chi connectivity index (χ2n) is 4.31. The number of anilines is 1. The molecule has 0 bridgehead atoms. The van der Waals surface area contributed by atoms with Crippen molar-refractivity contribution in [2.75, 3.05) is 5.32 Å². The van der Waals surface area contributed by atoms with Crippen LogP contribution in [0, 0.1) is 5.82 Å². The molecule has 1 amide bonds. The van der Waals surface area contributed by atoms with Crippen LogP contribution in [-0.4, -0.2) is 10.9 Å². The molecule has 0 saturated heterocycles. The number of halogens is 2. The minimum absolute atomic E-state index is 0.0503. The molecule has 0 radical (unpaired) electrons. The highest BCUT2D eigenvalue weighted by molar-refractivity contribution is 7.14. The lowest BCUT2D eigenvalue weighted by molar-refractivity contribution is 0.102. The van der Waals surface area contributed by atoms with E-state index in [0.717, 1.165) is 11.8 Å². The van der Waals surface area contributed by atoms with Crippen LogP contribution in [0.25, 0.3) is 0 Å². The van der Waals surface area contributed by atoms with E-state index in [1.165, 1.54) is 23.5 Å². The van der Waals surface area contributed by atoms with Crippen LogP contribution in [-0.2, 0) is 0 Å². The van der Waals surface area contributed by atoms with E-state index in [1.54, 1.807) is 0 Å². The Balaban J connectivity index is 2.16. The van der Waals surface area contributed by atoms with Gasteiger partial charge in [0, 0.05) is 10.4 Å². The number of nitrogens with zero attached hydrogens (tertiary/aromatic N) is 1. The predicted octanol–water partition coefficient (Wildman–Crippen LogP) is 4.31. The highest BCUT2D eigenvalue weighted by Gasteiger charge is 2.14. The molecule has 100 valence electrons. The van der Waals surface area contributed by atoms with E-state index in [9.17, 15) is 9.18 Å². The van der Waals surface area contributed by atoms with E-state index in [-0.39, 0.29) is 16.5 Å². The fourth-order valence-electron chi connectivity index (χ4n) is 1.45. The minimum atomic E-state index is -0.648. The number of hydrogen-bond acceptors (Lipinski definition) is 3. The summed E-state index contributed by atoms with van der Waals surface area (Å²) in [6.45, 7) is 4.03. The summed E-state index contributed by atoms with van der Waals surface area (Å²) < 4.78 is 13.6. The molecule has 2 rings (SSSR count). The Hall–Kier alpha value is -1.46. The fourth-order valence-corrected chi connectivity index (χ4v) is 2.47. The molecule has 0 saturated carbocycles. The van der Waals surface area contributed by atoms with Gasteiger partial charge in [-0.25, -0.2) is 9.37 Å². The van der Waals surface area contributed by atoms with E-state index < -0.39 is 11.7 Å². The Kier molecular flexibility index (Phi) is 4.17. The van der Waals surface area contributed by atoms with Gasteiger partial charge in [0.2, 0.25) is 0 Å². The number of hydrogen-bond donors (Lipinski definition) is 1. The number of carbonyl (C=O) groups excluding carboxylic acids is 1. The van der Waals surface area contributed by atoms with Crippen LogP contribution in [0.5, 0.6) is 0 Å². The zero-order valence-electron chi connectivity index (χ0n) is 10.4. The van der Waals surface area contributed by atoms with Crippen LogP contribution in [0.3, 0.4) is 0 Å². The number of aromatic nitrogens is 1. The first-order valence-corrected chi connectivity index (χ1v) is 6.95. The molecule has 3 nitrogen and oxygen atoms in total. The summed E-state index contributed by atoms with van der Waals surface area (Å²) in [4.78, 5) is 16.2. The smallest absolute Gasteiger partial charge is 0.260 e. The molecule has 1 heterocycles. The lowest BCUT2D eigenvalue weighted by atomic mass is 10.2. The zero-order chi connectivity index (χ0) is 14.0. The molecule has 0 spiro atoms. The lowest BCUT2D eigenvalue weighted by Gasteiger charge is -2.03. The van der Waals surface area contributed by atoms with Gasteiger partial charge in [0.05, 0.1) is 11.3 Å². The first kappa shape index (κ1) is 14.0. The van der Waals surface area contributed by atoms with Crippen LogP contribution in [0.1, 0.15) is 35.8 Å². The van der Waals surface area contributed by atoms with Crippen LogP contribution in [0.4, 0.5) is 9.52 Å². The molecule has 0 aliphatic carbocycles. The van der Waals surface area contributed by atoms with Crippen molar-refractivity contribution in [1.82, 2.24) is 4.98 Å². The largest absolute Gasteiger partial charge is 0.298 e. The highest BCUT2D eigenvalue weighted by atomic mass is 35.5. The quantitative estimate of drug-likeness (QED) is 0.917. The number of amides is 1. The number of rotatable bonds is 3. The molecule has 0 fully saturated rings. The van der Waals surface area contributed by atoms with Crippen molar-refractivity contribution in [3.05, 3.63) is 45.7 Å². The molecule has 1 N–H and O–H groups in total. The van der Waals surface area contributed by atoms with Gasteiger partial charge in [-0.1, -0.05) is 25.4 Å². The van der Waals surface area contributed by atoms with E-state index >= 15 is 0 Å². The third kappa shape index (κ3) is 3.30. The van der Waals surface area contributed by atoms with Gasteiger partial charge in [-0.3, -0.25) is 10.1 Å². The van der Waals surface area contributed by atoms with E-state index in [2.05, 4.69) is 10.3 Å². The topological polar surface area (TPSA) is 42.0 Å². The summed E-state index contributed by atoms with van der Waals surface area (Å²) in [5.41, 5.74) is 0.850. The number of nitrogens with one attached hydrogen (secondary N) is 1. The number of thiazole rings is 1. The van der Waals surface area contributed by atoms with Crippen molar-refractivity contribution in [3.63, 3.8) is 0 Å². The van der Waals surface area contributed by atoms with Gasteiger partial charge >= 0.3 is 0 Å². The maximum absolute atomic E-state index is 13.6. The number of carbonyl (C=O) groups is 1. The second-order valence-corrected chi connectivity index (χ2v) is 5.61. The van der Waals surface area contributed by atoms with Crippen LogP contribution >= 0.6 is 22.9 Å². The van der Waals surface area contributed by atoms with Gasteiger partial charge in [-0.05, 0) is 24.1 Å². The Morgan fingerprint density at radius 1 is 1.47 bits per heavy atom. The fraction of sp³-hybridized carbons (Fsp3) is 0.231. The van der Waals surface area contributed by atoms with Gasteiger partial charge in [0.1, 0.15) is 5.82 Å². The zero-order valence-corrected chi connectivity index (χ0v) is 12.0. The molecular formula is C13H12ClFN2OS. The summed E-state index contributed by atoms with van der Waals surface area (Å²) in [5, 5.41) is 5.17. The second kappa shape index (κ2) is 5.67. The SMILES string of the molecule is CC(C)c1csc(NC(=O)c2ccc(Cl)cc2F)n1. The van der Waals surface area contributed by atoms with Crippen LogP contribution in [0.2, 0.25) is 5.02 Å². The van der Waals surface area contributed by atoms with Crippen LogP contribution in [0.15, 0.2) is 23.6 Å². The van der Waals surface area contributed by atoms with E-state index in [0.29, 0.717) is 5.13 Å². The molecule has 0 aliphatic heterocycles. The Morgan fingerprint density at radius 3 is 2.79 bits per heavy atom. The maximum Gasteiger partial charge on any atom is 0.260 e. The Labute approximate surface area is 119 Å². The summed E-state index contributed by atoms with van der Waals surface area (Å²) in [7, 11) is 0. The van der Waals surface area contributed by atoms with Gasteiger partial charge in [-0.2, -0.15) is 0 Å². The molecule has 2 aromatic rings. The summed E-state index contributed by atoms with van der Waals surface area (Å²) in [6.07, 6.45) is 0. The number of benzene rings is 1. The van der Waals surface area contributed by atoms with Gasteiger partial charge in [0.15, 0.2) is 5.13 Å². The first-order valence-electron chi connectivity index (χ1n) is 5.69. The van der Waals surface area contributed by atoms with Crippen molar-refractivity contribution in [3.8, 4) is 0 Å². The summed E-state index contributed by atoms with van der Waals surface area (Å²) in [5.74, 6) is -0.890. The van der Waals surface area contributed by atoms with E-state index in [4.69, 9.17) is 11.6 Å². The standard InChI is InChI=1S/C13H12ClFN2OS/c1-7(2)11-6-19-13(16-11)17-12(18)9-4-3-8(14)5-10(9)15/h3-7H,1-2H3,(H,16,17,18). The molecule has 1 aromatic heterocycles. The molecular weight excluding hydrogens is 287 g/mol. The molecule has 0 atom stereocenters. The van der Waals surface area contributed by atoms with Gasteiger partial charge < -0.3 is 0 Å². The van der Waals surface area contributed by atoms with Crippen LogP contribution < -0.4 is 5.32 Å². The normalized spacial score (nSPS) is 10.8. The average molecular weight is 299 g/mol. The first-order chi connectivity index (χ1) is 8.97. The molecule has 1 aromatic carbocycles. The highest BCUT2D eigenvalue weighted by Crippen LogP contribution is 2.22.